The van der Waals surface area contributed by atoms with Gasteiger partial charge in [0.25, 0.3) is 0 Å². The van der Waals surface area contributed by atoms with Gasteiger partial charge in [0, 0.05) is 24.6 Å². The number of aryl methyl sites for hydroxylation is 1. The van der Waals surface area contributed by atoms with Crippen molar-refractivity contribution >= 4 is 0 Å². The molecule has 1 N–H and O–H groups in total. The van der Waals surface area contributed by atoms with Crippen molar-refractivity contribution in [1.82, 2.24) is 9.97 Å². The van der Waals surface area contributed by atoms with Gasteiger partial charge < -0.3 is 9.84 Å². The summed E-state index contributed by atoms with van der Waals surface area (Å²) in [7, 11) is 1.73. The Morgan fingerprint density at radius 1 is 1.41 bits per heavy atom. The average Bonchev–Trinajstić information content (AvgIpc) is 2.78. The lowest BCUT2D eigenvalue weighted by atomic mass is 10.0. The van der Waals surface area contributed by atoms with E-state index < -0.39 is 6.10 Å². The third kappa shape index (κ3) is 2.19. The minimum atomic E-state index is -0.522. The molecule has 0 saturated heterocycles. The molecule has 1 aromatic heterocycles. The number of nitrogens with zero attached hydrogens (tertiary/aromatic N) is 2. The van der Waals surface area contributed by atoms with E-state index in [1.165, 1.54) is 0 Å². The molecular formula is C13H20N2O2. The summed E-state index contributed by atoms with van der Waals surface area (Å²) >= 11 is 0. The maximum atomic E-state index is 9.57. The van der Waals surface area contributed by atoms with Crippen molar-refractivity contribution in [3.05, 3.63) is 23.3 Å². The summed E-state index contributed by atoms with van der Waals surface area (Å²) in [4.78, 5) is 8.91. The fourth-order valence-corrected chi connectivity index (χ4v) is 2.57. The molecule has 1 aliphatic rings. The molecule has 0 bridgehead atoms. The second-order valence-electron chi connectivity index (χ2n) is 4.82. The van der Waals surface area contributed by atoms with E-state index in [4.69, 9.17) is 4.74 Å². The van der Waals surface area contributed by atoms with E-state index >= 15 is 0 Å². The van der Waals surface area contributed by atoms with Crippen molar-refractivity contribution in [1.29, 1.82) is 0 Å². The predicted octanol–water partition coefficient (Wildman–Crippen LogP) is 2.25. The number of methoxy groups -OCH3 is 1. The topological polar surface area (TPSA) is 55.2 Å². The minimum absolute atomic E-state index is 0.304. The normalized spacial score (nSPS) is 20.5. The van der Waals surface area contributed by atoms with E-state index in [2.05, 4.69) is 9.97 Å². The van der Waals surface area contributed by atoms with Crippen LogP contribution < -0.4 is 0 Å². The Bertz CT molecular complexity index is 398. The quantitative estimate of drug-likeness (QED) is 0.874. The number of hydrogen-bond donors (Lipinski definition) is 1. The number of hydrogen-bond acceptors (Lipinski definition) is 4. The SMILES string of the molecule is COC1(c2ncc([C@H](C)O)c(C)n2)CCCC1. The lowest BCUT2D eigenvalue weighted by molar-refractivity contribution is -0.0165. The molecule has 1 atom stereocenters. The van der Waals surface area contributed by atoms with Crippen LogP contribution >= 0.6 is 0 Å². The van der Waals surface area contributed by atoms with Crippen LogP contribution in [0.1, 0.15) is 55.8 Å². The summed E-state index contributed by atoms with van der Waals surface area (Å²) < 4.78 is 5.65. The average molecular weight is 236 g/mol. The first kappa shape index (κ1) is 12.5. The maximum Gasteiger partial charge on any atom is 0.160 e. The molecule has 1 aliphatic carbocycles. The lowest BCUT2D eigenvalue weighted by Gasteiger charge is -2.26. The van der Waals surface area contributed by atoms with Crippen LogP contribution in [0.5, 0.6) is 0 Å². The molecule has 0 amide bonds. The number of aromatic nitrogens is 2. The molecule has 0 spiro atoms. The van der Waals surface area contributed by atoms with Crippen molar-refractivity contribution in [3.63, 3.8) is 0 Å². The highest BCUT2D eigenvalue weighted by Crippen LogP contribution is 2.40. The fourth-order valence-electron chi connectivity index (χ4n) is 2.57. The van der Waals surface area contributed by atoms with Gasteiger partial charge in [0.1, 0.15) is 5.60 Å². The smallest absolute Gasteiger partial charge is 0.160 e. The lowest BCUT2D eigenvalue weighted by Crippen LogP contribution is -2.28. The number of aliphatic hydroxyl groups excluding tert-OH is 1. The Labute approximate surface area is 102 Å². The Kier molecular flexibility index (Phi) is 3.45. The van der Waals surface area contributed by atoms with Crippen molar-refractivity contribution < 1.29 is 9.84 Å². The molecule has 0 radical (unpaired) electrons. The summed E-state index contributed by atoms with van der Waals surface area (Å²) in [5, 5.41) is 9.57. The van der Waals surface area contributed by atoms with Crippen LogP contribution in [-0.2, 0) is 10.3 Å². The monoisotopic (exact) mass is 236 g/mol. The van der Waals surface area contributed by atoms with Crippen molar-refractivity contribution in [2.24, 2.45) is 0 Å². The van der Waals surface area contributed by atoms with E-state index in [-0.39, 0.29) is 5.60 Å². The van der Waals surface area contributed by atoms with Gasteiger partial charge in [-0.1, -0.05) is 0 Å². The maximum absolute atomic E-state index is 9.57. The molecule has 0 aromatic carbocycles. The zero-order chi connectivity index (χ0) is 12.5. The summed E-state index contributed by atoms with van der Waals surface area (Å²) in [6.07, 6.45) is 5.49. The van der Waals surface area contributed by atoms with E-state index in [0.29, 0.717) is 0 Å². The Morgan fingerprint density at radius 3 is 2.53 bits per heavy atom. The third-order valence-electron chi connectivity index (χ3n) is 3.68. The summed E-state index contributed by atoms with van der Waals surface area (Å²) in [5.74, 6) is 0.763. The van der Waals surface area contributed by atoms with Crippen molar-refractivity contribution in [3.8, 4) is 0 Å². The predicted molar refractivity (Wildman–Crippen MR) is 64.6 cm³/mol. The van der Waals surface area contributed by atoms with Gasteiger partial charge in [-0.2, -0.15) is 0 Å². The largest absolute Gasteiger partial charge is 0.389 e. The second kappa shape index (κ2) is 4.70. The van der Waals surface area contributed by atoms with E-state index in [9.17, 15) is 5.11 Å². The fraction of sp³-hybridized carbons (Fsp3) is 0.692. The first-order chi connectivity index (χ1) is 8.09. The molecule has 1 fully saturated rings. The molecule has 94 valence electrons. The molecule has 1 heterocycles. The highest BCUT2D eigenvalue weighted by atomic mass is 16.5. The highest BCUT2D eigenvalue weighted by Gasteiger charge is 2.38. The Balaban J connectivity index is 2.36. The third-order valence-corrected chi connectivity index (χ3v) is 3.68. The van der Waals surface area contributed by atoms with Gasteiger partial charge in [-0.05, 0) is 39.5 Å². The molecule has 1 saturated carbocycles. The van der Waals surface area contributed by atoms with Crippen LogP contribution in [0.3, 0.4) is 0 Å². The van der Waals surface area contributed by atoms with Crippen LogP contribution in [0.2, 0.25) is 0 Å². The zero-order valence-corrected chi connectivity index (χ0v) is 10.7. The molecular weight excluding hydrogens is 216 g/mol. The molecule has 17 heavy (non-hydrogen) atoms. The van der Waals surface area contributed by atoms with Gasteiger partial charge in [0.15, 0.2) is 5.82 Å². The van der Waals surface area contributed by atoms with Crippen LogP contribution in [0.15, 0.2) is 6.20 Å². The van der Waals surface area contributed by atoms with Crippen LogP contribution in [0.4, 0.5) is 0 Å². The van der Waals surface area contributed by atoms with Crippen molar-refractivity contribution in [2.45, 2.75) is 51.2 Å². The highest BCUT2D eigenvalue weighted by molar-refractivity contribution is 5.20. The number of rotatable bonds is 3. The van der Waals surface area contributed by atoms with Crippen molar-refractivity contribution in [2.75, 3.05) is 7.11 Å². The Morgan fingerprint density at radius 2 is 2.06 bits per heavy atom. The molecule has 4 nitrogen and oxygen atoms in total. The van der Waals surface area contributed by atoms with Gasteiger partial charge in [-0.3, -0.25) is 0 Å². The summed E-state index contributed by atoms with van der Waals surface area (Å²) in [5.41, 5.74) is 1.33. The molecule has 1 aromatic rings. The van der Waals surface area contributed by atoms with Gasteiger partial charge >= 0.3 is 0 Å². The molecule has 4 heteroatoms. The number of aliphatic hydroxyl groups is 1. The van der Waals surface area contributed by atoms with Crippen LogP contribution in [-0.4, -0.2) is 22.2 Å². The van der Waals surface area contributed by atoms with Gasteiger partial charge in [0.05, 0.1) is 6.10 Å². The molecule has 0 unspecified atom stereocenters. The van der Waals surface area contributed by atoms with Gasteiger partial charge in [-0.25, -0.2) is 9.97 Å². The first-order valence-electron chi connectivity index (χ1n) is 6.16. The standard InChI is InChI=1S/C13H20N2O2/c1-9-11(10(2)16)8-14-12(15-9)13(17-3)6-4-5-7-13/h8,10,16H,4-7H2,1-3H3/t10-/m0/s1. The van der Waals surface area contributed by atoms with Crippen LogP contribution in [0, 0.1) is 6.92 Å². The van der Waals surface area contributed by atoms with E-state index in [1.54, 1.807) is 20.2 Å². The first-order valence-corrected chi connectivity index (χ1v) is 6.16. The Hall–Kier alpha value is -1.00. The van der Waals surface area contributed by atoms with Gasteiger partial charge in [0.2, 0.25) is 0 Å². The molecule has 2 rings (SSSR count). The minimum Gasteiger partial charge on any atom is -0.389 e. The summed E-state index contributed by atoms with van der Waals surface area (Å²) in [6.45, 7) is 3.64. The second-order valence-corrected chi connectivity index (χ2v) is 4.82. The molecule has 0 aliphatic heterocycles. The number of ether oxygens (including phenoxy) is 1. The summed E-state index contributed by atoms with van der Waals surface area (Å²) in [6, 6.07) is 0. The van der Waals surface area contributed by atoms with E-state index in [1.807, 2.05) is 6.92 Å². The zero-order valence-electron chi connectivity index (χ0n) is 10.7. The van der Waals surface area contributed by atoms with Crippen LogP contribution in [0.25, 0.3) is 0 Å². The van der Waals surface area contributed by atoms with E-state index in [0.717, 1.165) is 42.8 Å². The van der Waals surface area contributed by atoms with Gasteiger partial charge in [-0.15, -0.1) is 0 Å².